The van der Waals surface area contributed by atoms with Crippen molar-refractivity contribution in [2.24, 2.45) is 0 Å². The molecule has 0 N–H and O–H groups in total. The standard InChI is InChI=1S/C18H9ClO2/c19-16-11-6-2-1-5-10(11)9-14-15(16)18(21)13-8-4-3-7-12(13)17(14)20/h1-9H. The van der Waals surface area contributed by atoms with Crippen molar-refractivity contribution in [3.8, 4) is 0 Å². The van der Waals surface area contributed by atoms with Crippen LogP contribution in [0.5, 0.6) is 0 Å². The average Bonchev–Trinajstić information content (AvgIpc) is 2.52. The lowest BCUT2D eigenvalue weighted by Crippen LogP contribution is -2.21. The van der Waals surface area contributed by atoms with Gasteiger partial charge in [-0.3, -0.25) is 9.59 Å². The first-order chi connectivity index (χ1) is 10.2. The van der Waals surface area contributed by atoms with Gasteiger partial charge in [-0.2, -0.15) is 0 Å². The third kappa shape index (κ3) is 1.60. The second-order valence-corrected chi connectivity index (χ2v) is 5.42. The Hall–Kier alpha value is -2.45. The Morgan fingerprint density at radius 3 is 2.10 bits per heavy atom. The quantitative estimate of drug-likeness (QED) is 0.485. The number of ketones is 2. The van der Waals surface area contributed by atoms with Gasteiger partial charge in [-0.05, 0) is 11.5 Å². The Bertz CT molecular complexity index is 941. The molecule has 0 aliphatic heterocycles. The third-order valence-electron chi connectivity index (χ3n) is 3.87. The zero-order valence-corrected chi connectivity index (χ0v) is 11.6. The highest BCUT2D eigenvalue weighted by Crippen LogP contribution is 2.36. The molecule has 0 unspecified atom stereocenters. The van der Waals surface area contributed by atoms with Crippen LogP contribution in [0.3, 0.4) is 0 Å². The molecule has 0 heterocycles. The van der Waals surface area contributed by atoms with Crippen LogP contribution in [0.15, 0.2) is 54.6 Å². The van der Waals surface area contributed by atoms with Crippen LogP contribution in [-0.2, 0) is 0 Å². The van der Waals surface area contributed by atoms with Gasteiger partial charge in [0.25, 0.3) is 0 Å². The summed E-state index contributed by atoms with van der Waals surface area (Å²) < 4.78 is 0. The topological polar surface area (TPSA) is 34.1 Å². The van der Waals surface area contributed by atoms with Crippen LogP contribution in [0.2, 0.25) is 5.02 Å². The summed E-state index contributed by atoms with van der Waals surface area (Å²) in [5.41, 5.74) is 1.58. The van der Waals surface area contributed by atoms with E-state index in [4.69, 9.17) is 11.6 Å². The Labute approximate surface area is 126 Å². The van der Waals surface area contributed by atoms with Crippen LogP contribution < -0.4 is 0 Å². The number of carbonyl (C=O) groups excluding carboxylic acids is 2. The third-order valence-corrected chi connectivity index (χ3v) is 4.27. The van der Waals surface area contributed by atoms with Crippen molar-refractivity contribution < 1.29 is 9.59 Å². The first-order valence-electron chi connectivity index (χ1n) is 6.58. The first kappa shape index (κ1) is 12.3. The van der Waals surface area contributed by atoms with E-state index in [9.17, 15) is 9.59 Å². The zero-order chi connectivity index (χ0) is 14.6. The monoisotopic (exact) mass is 292 g/mol. The number of hydrogen-bond donors (Lipinski definition) is 0. The van der Waals surface area contributed by atoms with Crippen molar-refractivity contribution in [2.75, 3.05) is 0 Å². The van der Waals surface area contributed by atoms with Crippen LogP contribution in [0.1, 0.15) is 31.8 Å². The summed E-state index contributed by atoms with van der Waals surface area (Å²) in [6.45, 7) is 0. The van der Waals surface area contributed by atoms with E-state index in [1.54, 1.807) is 30.3 Å². The lowest BCUT2D eigenvalue weighted by Gasteiger charge is -2.19. The predicted molar refractivity (Wildman–Crippen MR) is 82.3 cm³/mol. The molecule has 0 atom stereocenters. The van der Waals surface area contributed by atoms with Crippen LogP contribution in [-0.4, -0.2) is 11.6 Å². The number of fused-ring (bicyclic) bond motifs is 3. The van der Waals surface area contributed by atoms with Crippen LogP contribution in [0.4, 0.5) is 0 Å². The molecule has 0 amide bonds. The van der Waals surface area contributed by atoms with E-state index in [2.05, 4.69) is 0 Å². The molecule has 0 spiro atoms. The summed E-state index contributed by atoms with van der Waals surface area (Å²) >= 11 is 6.41. The summed E-state index contributed by atoms with van der Waals surface area (Å²) in [6, 6.07) is 16.1. The molecule has 0 fully saturated rings. The summed E-state index contributed by atoms with van der Waals surface area (Å²) in [5.74, 6) is -0.330. The van der Waals surface area contributed by atoms with Crippen molar-refractivity contribution in [1.29, 1.82) is 0 Å². The van der Waals surface area contributed by atoms with Crippen LogP contribution in [0.25, 0.3) is 10.8 Å². The van der Waals surface area contributed by atoms with E-state index in [0.717, 1.165) is 10.8 Å². The minimum atomic E-state index is -0.184. The molecule has 1 aliphatic rings. The van der Waals surface area contributed by atoms with Crippen LogP contribution >= 0.6 is 11.6 Å². The fourth-order valence-corrected chi connectivity index (χ4v) is 3.22. The Kier molecular flexibility index (Phi) is 2.50. The van der Waals surface area contributed by atoms with E-state index >= 15 is 0 Å². The van der Waals surface area contributed by atoms with Gasteiger partial charge in [-0.1, -0.05) is 60.1 Å². The van der Waals surface area contributed by atoms with E-state index in [1.807, 2.05) is 24.3 Å². The second-order valence-electron chi connectivity index (χ2n) is 5.04. The smallest absolute Gasteiger partial charge is 0.196 e. The Balaban J connectivity index is 2.14. The second kappa shape index (κ2) is 4.27. The van der Waals surface area contributed by atoms with Crippen molar-refractivity contribution in [3.05, 3.63) is 81.9 Å². The van der Waals surface area contributed by atoms with Gasteiger partial charge in [0, 0.05) is 22.1 Å². The molecule has 1 aliphatic carbocycles. The number of hydrogen-bond acceptors (Lipinski definition) is 2. The fourth-order valence-electron chi connectivity index (χ4n) is 2.86. The van der Waals surface area contributed by atoms with Gasteiger partial charge in [0.15, 0.2) is 11.6 Å². The molecule has 0 radical (unpaired) electrons. The van der Waals surface area contributed by atoms with Crippen LogP contribution in [0, 0.1) is 0 Å². The van der Waals surface area contributed by atoms with Crippen molar-refractivity contribution >= 4 is 33.9 Å². The summed E-state index contributed by atoms with van der Waals surface area (Å²) in [7, 11) is 0. The highest BCUT2D eigenvalue weighted by atomic mass is 35.5. The van der Waals surface area contributed by atoms with Gasteiger partial charge in [-0.15, -0.1) is 0 Å². The fraction of sp³-hybridized carbons (Fsp3) is 0. The van der Waals surface area contributed by atoms with Crippen molar-refractivity contribution in [3.63, 3.8) is 0 Å². The van der Waals surface area contributed by atoms with Gasteiger partial charge in [0.2, 0.25) is 0 Å². The molecule has 3 aromatic carbocycles. The maximum atomic E-state index is 12.7. The molecule has 0 bridgehead atoms. The molecule has 2 nitrogen and oxygen atoms in total. The molecular formula is C18H9ClO2. The lowest BCUT2D eigenvalue weighted by molar-refractivity contribution is 0.0979. The highest BCUT2D eigenvalue weighted by molar-refractivity contribution is 6.43. The minimum Gasteiger partial charge on any atom is -0.289 e. The van der Waals surface area contributed by atoms with Gasteiger partial charge >= 0.3 is 0 Å². The van der Waals surface area contributed by atoms with E-state index in [-0.39, 0.29) is 11.6 Å². The van der Waals surface area contributed by atoms with E-state index in [0.29, 0.717) is 27.3 Å². The summed E-state index contributed by atoms with van der Waals surface area (Å²) in [4.78, 5) is 25.3. The lowest BCUT2D eigenvalue weighted by atomic mass is 9.83. The summed E-state index contributed by atoms with van der Waals surface area (Å²) in [5, 5.41) is 2.01. The Morgan fingerprint density at radius 2 is 1.33 bits per heavy atom. The molecule has 3 heteroatoms. The maximum Gasteiger partial charge on any atom is 0.196 e. The molecule has 0 aromatic heterocycles. The van der Waals surface area contributed by atoms with Crippen molar-refractivity contribution in [2.45, 2.75) is 0 Å². The molecule has 4 rings (SSSR count). The molecule has 3 aromatic rings. The van der Waals surface area contributed by atoms with Gasteiger partial charge < -0.3 is 0 Å². The molecule has 21 heavy (non-hydrogen) atoms. The first-order valence-corrected chi connectivity index (χ1v) is 6.96. The van der Waals surface area contributed by atoms with E-state index < -0.39 is 0 Å². The minimum absolute atomic E-state index is 0.146. The SMILES string of the molecule is O=C1c2ccccc2C(=O)c2c1cc1ccccc1c2Cl. The molecule has 0 saturated carbocycles. The highest BCUT2D eigenvalue weighted by Gasteiger charge is 2.32. The maximum absolute atomic E-state index is 12.7. The predicted octanol–water partition coefficient (Wildman–Crippen LogP) is 4.27. The molecular weight excluding hydrogens is 284 g/mol. The zero-order valence-electron chi connectivity index (χ0n) is 10.9. The van der Waals surface area contributed by atoms with E-state index in [1.165, 1.54) is 0 Å². The molecule has 100 valence electrons. The normalized spacial score (nSPS) is 13.2. The van der Waals surface area contributed by atoms with Gasteiger partial charge in [-0.25, -0.2) is 0 Å². The average molecular weight is 293 g/mol. The van der Waals surface area contributed by atoms with Crippen molar-refractivity contribution in [1.82, 2.24) is 0 Å². The number of halogens is 1. The molecule has 0 saturated heterocycles. The number of benzene rings is 3. The Morgan fingerprint density at radius 1 is 0.714 bits per heavy atom. The van der Waals surface area contributed by atoms with Gasteiger partial charge in [0.1, 0.15) is 0 Å². The number of rotatable bonds is 0. The largest absolute Gasteiger partial charge is 0.289 e. The summed E-state index contributed by atoms with van der Waals surface area (Å²) in [6.07, 6.45) is 0. The van der Waals surface area contributed by atoms with Gasteiger partial charge in [0.05, 0.1) is 10.6 Å². The number of carbonyl (C=O) groups is 2.